The first-order chi connectivity index (χ1) is 12.9. The average molecular weight is 419 g/mol. The third-order valence-electron chi connectivity index (χ3n) is 3.90. The number of anilines is 1. The second-order valence-electron chi connectivity index (χ2n) is 6.55. The Morgan fingerprint density at radius 2 is 1.89 bits per heavy atom. The monoisotopic (exact) mass is 419 g/mol. The normalized spacial score (nSPS) is 13.6. The summed E-state index contributed by atoms with van der Waals surface area (Å²) in [7, 11) is 0. The SMILES string of the molecule is CCOC(=O)[C@](NC(=O)CC(C)C)(Nc1sc(C)c(CC)c1C#N)C(F)(F)F. The van der Waals surface area contributed by atoms with Gasteiger partial charge in [-0.3, -0.25) is 4.79 Å². The standard InChI is InChI=1S/C18H24F3N3O3S/c1-6-12-11(5)28-15(13(12)9-22)24-17(18(19,20)21,16(26)27-7-2)23-14(25)8-10(3)4/h10,24H,6-8H2,1-5H3,(H,23,25)/t17-/m0/s1. The van der Waals surface area contributed by atoms with Crippen LogP contribution in [0, 0.1) is 24.2 Å². The highest BCUT2D eigenvalue weighted by Gasteiger charge is 2.64. The molecule has 0 saturated heterocycles. The van der Waals surface area contributed by atoms with Gasteiger partial charge < -0.3 is 15.4 Å². The van der Waals surface area contributed by atoms with Crippen LogP contribution in [-0.2, 0) is 20.7 Å². The molecule has 2 N–H and O–H groups in total. The van der Waals surface area contributed by atoms with E-state index < -0.39 is 23.7 Å². The Morgan fingerprint density at radius 1 is 1.29 bits per heavy atom. The van der Waals surface area contributed by atoms with Crippen LogP contribution in [0.5, 0.6) is 0 Å². The van der Waals surface area contributed by atoms with Crippen molar-refractivity contribution in [3.63, 3.8) is 0 Å². The van der Waals surface area contributed by atoms with E-state index in [1.807, 2.05) is 6.07 Å². The summed E-state index contributed by atoms with van der Waals surface area (Å²) in [5, 5.41) is 13.2. The summed E-state index contributed by atoms with van der Waals surface area (Å²) in [5.41, 5.74) is -2.90. The summed E-state index contributed by atoms with van der Waals surface area (Å²) in [5.74, 6) is -2.87. The summed E-state index contributed by atoms with van der Waals surface area (Å²) in [4.78, 5) is 25.2. The number of hydrogen-bond donors (Lipinski definition) is 2. The van der Waals surface area contributed by atoms with E-state index in [-0.39, 0.29) is 29.5 Å². The summed E-state index contributed by atoms with van der Waals surface area (Å²) in [6, 6.07) is 1.88. The Bertz CT molecular complexity index is 769. The fourth-order valence-electron chi connectivity index (χ4n) is 2.64. The third kappa shape index (κ3) is 4.95. The number of alkyl halides is 3. The highest BCUT2D eigenvalue weighted by molar-refractivity contribution is 7.16. The van der Waals surface area contributed by atoms with Crippen molar-refractivity contribution in [2.45, 2.75) is 59.3 Å². The molecule has 0 aliphatic carbocycles. The number of esters is 1. The quantitative estimate of drug-likeness (QED) is 0.493. The molecule has 1 atom stereocenters. The van der Waals surface area contributed by atoms with E-state index in [4.69, 9.17) is 0 Å². The van der Waals surface area contributed by atoms with Crippen molar-refractivity contribution in [1.29, 1.82) is 5.26 Å². The molecule has 0 aromatic carbocycles. The maximum absolute atomic E-state index is 14.1. The number of hydrogen-bond acceptors (Lipinski definition) is 6. The topological polar surface area (TPSA) is 91.2 Å². The molecule has 0 fully saturated rings. The van der Waals surface area contributed by atoms with Crippen molar-refractivity contribution in [3.8, 4) is 6.07 Å². The molecule has 0 radical (unpaired) electrons. The summed E-state index contributed by atoms with van der Waals surface area (Å²) in [6.45, 7) is 7.82. The average Bonchev–Trinajstić information content (AvgIpc) is 2.86. The smallest absolute Gasteiger partial charge is 0.441 e. The first-order valence-electron chi connectivity index (χ1n) is 8.78. The highest BCUT2D eigenvalue weighted by Crippen LogP contribution is 2.39. The van der Waals surface area contributed by atoms with E-state index in [0.29, 0.717) is 16.9 Å². The van der Waals surface area contributed by atoms with Crippen LogP contribution in [0.4, 0.5) is 18.2 Å². The third-order valence-corrected chi connectivity index (χ3v) is 4.97. The molecule has 0 unspecified atom stereocenters. The largest absolute Gasteiger partial charge is 0.463 e. The van der Waals surface area contributed by atoms with Crippen molar-refractivity contribution in [1.82, 2.24) is 5.32 Å². The van der Waals surface area contributed by atoms with Crippen LogP contribution >= 0.6 is 11.3 Å². The van der Waals surface area contributed by atoms with Gasteiger partial charge in [-0.2, -0.15) is 18.4 Å². The van der Waals surface area contributed by atoms with Gasteiger partial charge >= 0.3 is 17.8 Å². The Balaban J connectivity index is 3.55. The highest BCUT2D eigenvalue weighted by atomic mass is 32.1. The molecule has 1 aromatic rings. The van der Waals surface area contributed by atoms with Gasteiger partial charge in [0.15, 0.2) is 0 Å². The number of aryl methyl sites for hydroxylation is 1. The molecule has 1 heterocycles. The first kappa shape index (κ1) is 23.8. The number of rotatable bonds is 8. The molecule has 28 heavy (non-hydrogen) atoms. The zero-order valence-corrected chi connectivity index (χ0v) is 17.2. The van der Waals surface area contributed by atoms with Crippen LogP contribution in [0.2, 0.25) is 0 Å². The van der Waals surface area contributed by atoms with Crippen molar-refractivity contribution in [2.24, 2.45) is 5.92 Å². The number of carbonyl (C=O) groups is 2. The zero-order chi connectivity index (χ0) is 21.7. The van der Waals surface area contributed by atoms with Gasteiger partial charge in [-0.25, -0.2) is 4.79 Å². The number of nitriles is 1. The van der Waals surface area contributed by atoms with Gasteiger partial charge in [0.05, 0.1) is 12.2 Å². The molecule has 6 nitrogen and oxygen atoms in total. The Morgan fingerprint density at radius 3 is 2.32 bits per heavy atom. The molecule has 0 saturated carbocycles. The molecular weight excluding hydrogens is 395 g/mol. The Labute approximate surface area is 166 Å². The van der Waals surface area contributed by atoms with Gasteiger partial charge in [0.1, 0.15) is 11.1 Å². The maximum Gasteiger partial charge on any atom is 0.441 e. The van der Waals surface area contributed by atoms with Crippen molar-refractivity contribution >= 4 is 28.2 Å². The lowest BCUT2D eigenvalue weighted by molar-refractivity contribution is -0.207. The summed E-state index contributed by atoms with van der Waals surface area (Å²) in [6.07, 6.45) is -5.00. The molecule has 1 aromatic heterocycles. The van der Waals surface area contributed by atoms with Crippen LogP contribution < -0.4 is 10.6 Å². The van der Waals surface area contributed by atoms with E-state index in [1.165, 1.54) is 6.92 Å². The van der Waals surface area contributed by atoms with Gasteiger partial charge in [0.2, 0.25) is 5.91 Å². The molecule has 0 bridgehead atoms. The Hall–Kier alpha value is -2.28. The van der Waals surface area contributed by atoms with E-state index in [9.17, 15) is 28.0 Å². The minimum atomic E-state index is -5.22. The number of ether oxygens (including phenoxy) is 1. The van der Waals surface area contributed by atoms with Crippen molar-refractivity contribution < 1.29 is 27.5 Å². The van der Waals surface area contributed by atoms with E-state index >= 15 is 0 Å². The Kier molecular flexibility index (Phi) is 7.87. The molecule has 1 rings (SSSR count). The number of nitrogens with one attached hydrogen (secondary N) is 2. The van der Waals surface area contributed by atoms with Gasteiger partial charge in [0.25, 0.3) is 0 Å². The van der Waals surface area contributed by atoms with Gasteiger partial charge in [-0.05, 0) is 31.7 Å². The van der Waals surface area contributed by atoms with Crippen LogP contribution in [-0.4, -0.2) is 30.3 Å². The summed E-state index contributed by atoms with van der Waals surface area (Å²) >= 11 is 0.917. The predicted molar refractivity (Wildman–Crippen MR) is 99.8 cm³/mol. The van der Waals surface area contributed by atoms with E-state index in [1.54, 1.807) is 33.0 Å². The van der Waals surface area contributed by atoms with Crippen LogP contribution in [0.15, 0.2) is 0 Å². The lowest BCUT2D eigenvalue weighted by Gasteiger charge is -2.35. The minimum Gasteiger partial charge on any atom is -0.463 e. The lowest BCUT2D eigenvalue weighted by Crippen LogP contribution is -2.69. The van der Waals surface area contributed by atoms with Crippen LogP contribution in [0.25, 0.3) is 0 Å². The van der Waals surface area contributed by atoms with E-state index in [2.05, 4.69) is 10.1 Å². The second-order valence-corrected chi connectivity index (χ2v) is 7.77. The van der Waals surface area contributed by atoms with Gasteiger partial charge in [0, 0.05) is 11.3 Å². The van der Waals surface area contributed by atoms with Crippen molar-refractivity contribution in [3.05, 3.63) is 16.0 Å². The zero-order valence-electron chi connectivity index (χ0n) is 16.4. The second kappa shape index (κ2) is 9.28. The fraction of sp³-hybridized carbons (Fsp3) is 0.611. The number of halogens is 3. The number of thiophene rings is 1. The molecular formula is C18H24F3N3O3S. The van der Waals surface area contributed by atoms with Crippen molar-refractivity contribution in [2.75, 3.05) is 11.9 Å². The lowest BCUT2D eigenvalue weighted by atomic mass is 10.1. The molecule has 1 amide bonds. The predicted octanol–water partition coefficient (Wildman–Crippen LogP) is 3.89. The van der Waals surface area contributed by atoms with Crippen LogP contribution in [0.1, 0.15) is 50.1 Å². The van der Waals surface area contributed by atoms with E-state index in [0.717, 1.165) is 11.3 Å². The number of nitrogens with zero attached hydrogens (tertiary/aromatic N) is 1. The maximum atomic E-state index is 14.1. The number of amides is 1. The summed E-state index contributed by atoms with van der Waals surface area (Å²) < 4.78 is 46.9. The van der Waals surface area contributed by atoms with Gasteiger partial charge in [-0.1, -0.05) is 20.8 Å². The molecule has 156 valence electrons. The minimum absolute atomic E-state index is 0.0148. The molecule has 0 aliphatic heterocycles. The first-order valence-corrected chi connectivity index (χ1v) is 9.60. The molecule has 0 aliphatic rings. The molecule has 0 spiro atoms. The van der Waals surface area contributed by atoms with Crippen LogP contribution in [0.3, 0.4) is 0 Å². The fourth-order valence-corrected chi connectivity index (χ4v) is 3.79. The van der Waals surface area contributed by atoms with Gasteiger partial charge in [-0.15, -0.1) is 11.3 Å². The molecule has 10 heteroatoms. The number of carbonyl (C=O) groups excluding carboxylic acids is 2.